The number of aromatic nitrogens is 2. The number of amides is 2. The Labute approximate surface area is 146 Å². The van der Waals surface area contributed by atoms with E-state index in [0.29, 0.717) is 32.1 Å². The van der Waals surface area contributed by atoms with Crippen molar-refractivity contribution >= 4 is 11.8 Å². The number of carbonyl (C=O) groups is 2. The number of likely N-dealkylation sites (N-methyl/N-ethyl adjacent to an activating group) is 1. The van der Waals surface area contributed by atoms with Gasteiger partial charge >= 0.3 is 0 Å². The molecule has 0 radical (unpaired) electrons. The van der Waals surface area contributed by atoms with Crippen LogP contribution in [0.25, 0.3) is 0 Å². The summed E-state index contributed by atoms with van der Waals surface area (Å²) < 4.78 is 0. The van der Waals surface area contributed by atoms with Crippen molar-refractivity contribution in [2.24, 2.45) is 0 Å². The maximum Gasteiger partial charge on any atom is 0.234 e. The Morgan fingerprint density at radius 2 is 1.96 bits per heavy atom. The van der Waals surface area contributed by atoms with Crippen LogP contribution in [-0.4, -0.2) is 59.4 Å². The highest BCUT2D eigenvalue weighted by Crippen LogP contribution is 1.87. The Morgan fingerprint density at radius 1 is 1.33 bits per heavy atom. The lowest BCUT2D eigenvalue weighted by Crippen LogP contribution is -2.40. The van der Waals surface area contributed by atoms with Gasteiger partial charge < -0.3 is 20.5 Å². The molecule has 140 valence electrons. The van der Waals surface area contributed by atoms with E-state index in [-0.39, 0.29) is 11.8 Å². The highest BCUT2D eigenvalue weighted by molar-refractivity contribution is 5.78. The lowest BCUT2D eigenvalue weighted by molar-refractivity contribution is -0.130. The Kier molecular flexibility index (Phi) is 16.2. The molecule has 7 heteroatoms. The molecule has 0 fully saturated rings. The van der Waals surface area contributed by atoms with Crippen LogP contribution < -0.4 is 10.6 Å². The predicted octanol–water partition coefficient (Wildman–Crippen LogP) is 1.71. The number of nitrogens with zero attached hydrogens (tertiary/aromatic N) is 2. The van der Waals surface area contributed by atoms with Gasteiger partial charge in [0.2, 0.25) is 11.8 Å². The minimum atomic E-state index is -0.0361. The van der Waals surface area contributed by atoms with E-state index < -0.39 is 0 Å². The minimum absolute atomic E-state index is 0.0361. The third-order valence-corrected chi connectivity index (χ3v) is 2.80. The van der Waals surface area contributed by atoms with Crippen molar-refractivity contribution in [3.8, 4) is 0 Å². The largest absolute Gasteiger partial charge is 0.353 e. The van der Waals surface area contributed by atoms with Crippen LogP contribution >= 0.6 is 0 Å². The zero-order valence-electron chi connectivity index (χ0n) is 16.3. The van der Waals surface area contributed by atoms with Crippen LogP contribution in [0.5, 0.6) is 0 Å². The number of imidazole rings is 1. The lowest BCUT2D eigenvalue weighted by Gasteiger charge is -2.16. The van der Waals surface area contributed by atoms with Gasteiger partial charge in [-0.3, -0.25) is 9.59 Å². The summed E-state index contributed by atoms with van der Waals surface area (Å²) in [6, 6.07) is 0.301. The first-order valence-electron chi connectivity index (χ1n) is 8.55. The third kappa shape index (κ3) is 15.0. The first-order valence-corrected chi connectivity index (χ1v) is 8.55. The predicted molar refractivity (Wildman–Crippen MR) is 98.7 cm³/mol. The molecule has 0 unspecified atom stereocenters. The van der Waals surface area contributed by atoms with Crippen LogP contribution in [0.4, 0.5) is 0 Å². The van der Waals surface area contributed by atoms with E-state index >= 15 is 0 Å². The molecule has 0 saturated heterocycles. The van der Waals surface area contributed by atoms with Gasteiger partial charge in [-0.15, -0.1) is 0 Å². The molecule has 0 aromatic carbocycles. The Balaban J connectivity index is 0. The quantitative estimate of drug-likeness (QED) is 0.704. The average molecular weight is 342 g/mol. The van der Waals surface area contributed by atoms with Crippen molar-refractivity contribution in [1.29, 1.82) is 0 Å². The van der Waals surface area contributed by atoms with Gasteiger partial charge in [-0.1, -0.05) is 34.6 Å². The van der Waals surface area contributed by atoms with Crippen molar-refractivity contribution in [1.82, 2.24) is 25.5 Å². The minimum Gasteiger partial charge on any atom is -0.353 e. The fourth-order valence-electron chi connectivity index (χ4n) is 1.44. The van der Waals surface area contributed by atoms with Gasteiger partial charge in [0.15, 0.2) is 0 Å². The van der Waals surface area contributed by atoms with E-state index in [4.69, 9.17) is 0 Å². The molecular weight excluding hydrogens is 306 g/mol. The first kappa shape index (κ1) is 24.4. The monoisotopic (exact) mass is 341 g/mol. The molecule has 7 nitrogen and oxygen atoms in total. The molecule has 2 amide bonds. The van der Waals surface area contributed by atoms with Crippen molar-refractivity contribution in [3.63, 3.8) is 0 Å². The Hall–Kier alpha value is -1.89. The maximum atomic E-state index is 11.3. The summed E-state index contributed by atoms with van der Waals surface area (Å²) in [6.45, 7) is 13.1. The molecule has 1 aromatic heterocycles. The van der Waals surface area contributed by atoms with E-state index in [0.717, 1.165) is 5.69 Å². The van der Waals surface area contributed by atoms with Gasteiger partial charge in [0, 0.05) is 44.5 Å². The van der Waals surface area contributed by atoms with Crippen molar-refractivity contribution in [2.75, 3.05) is 26.7 Å². The number of carbonyl (C=O) groups excluding carboxylic acids is 2. The molecule has 0 bridgehead atoms. The number of aromatic amines is 1. The lowest BCUT2D eigenvalue weighted by atomic mass is 10.4. The van der Waals surface area contributed by atoms with E-state index in [1.807, 2.05) is 41.5 Å². The number of aryl methyl sites for hydroxylation is 1. The summed E-state index contributed by atoms with van der Waals surface area (Å²) in [5.41, 5.74) is 1.11. The van der Waals surface area contributed by atoms with Gasteiger partial charge in [-0.25, -0.2) is 4.98 Å². The number of H-pyrrole nitrogens is 1. The second kappa shape index (κ2) is 16.0. The van der Waals surface area contributed by atoms with E-state index in [9.17, 15) is 9.59 Å². The molecule has 1 heterocycles. The second-order valence-corrected chi connectivity index (χ2v) is 5.29. The molecule has 0 aliphatic carbocycles. The van der Waals surface area contributed by atoms with E-state index in [1.54, 1.807) is 24.5 Å². The zero-order valence-corrected chi connectivity index (χ0v) is 16.3. The summed E-state index contributed by atoms with van der Waals surface area (Å²) >= 11 is 0. The summed E-state index contributed by atoms with van der Waals surface area (Å²) in [6.07, 6.45) is 3.94. The van der Waals surface area contributed by atoms with Crippen LogP contribution in [0.2, 0.25) is 0 Å². The van der Waals surface area contributed by atoms with Gasteiger partial charge in [-0.2, -0.15) is 0 Å². The number of hydrogen-bond donors (Lipinski definition) is 3. The number of nitrogens with one attached hydrogen (secondary N) is 3. The zero-order chi connectivity index (χ0) is 19.0. The Morgan fingerprint density at radius 3 is 2.33 bits per heavy atom. The molecule has 0 aliphatic heterocycles. The molecular formula is C17H35N5O2. The van der Waals surface area contributed by atoms with Gasteiger partial charge in [-0.05, 0) is 6.92 Å². The fraction of sp³-hybridized carbons (Fsp3) is 0.706. The Bertz CT molecular complexity index is 419. The third-order valence-electron chi connectivity index (χ3n) is 2.80. The van der Waals surface area contributed by atoms with Gasteiger partial charge in [0.25, 0.3) is 0 Å². The number of hydrogen-bond acceptors (Lipinski definition) is 4. The summed E-state index contributed by atoms with van der Waals surface area (Å²) in [5, 5.41) is 5.78. The maximum absolute atomic E-state index is 11.3. The molecule has 0 aliphatic rings. The summed E-state index contributed by atoms with van der Waals surface area (Å²) in [5.74, 6) is 0.0561. The summed E-state index contributed by atoms with van der Waals surface area (Å²) in [4.78, 5) is 30.8. The van der Waals surface area contributed by atoms with Crippen LogP contribution in [0.3, 0.4) is 0 Å². The average Bonchev–Trinajstić information content (AvgIpc) is 3.05. The summed E-state index contributed by atoms with van der Waals surface area (Å²) in [7, 11) is 1.74. The first-order chi connectivity index (χ1) is 11.4. The van der Waals surface area contributed by atoms with Crippen molar-refractivity contribution in [3.05, 3.63) is 18.2 Å². The van der Waals surface area contributed by atoms with Crippen LogP contribution in [0.15, 0.2) is 12.5 Å². The molecule has 1 aromatic rings. The van der Waals surface area contributed by atoms with Crippen LogP contribution in [-0.2, 0) is 9.59 Å². The van der Waals surface area contributed by atoms with Crippen LogP contribution in [0.1, 0.15) is 46.7 Å². The standard InChI is InChI=1S/C11H23N3O2.C4H6N2.C2H6/c1-5-11(16)14(4)7-6-12-10(15)8-13-9(2)3;1-4-2-5-3-6-4;1-2/h9,13H,5-8H2,1-4H3,(H,12,15);2-3H,1H3,(H,5,6);1-2H3. The van der Waals surface area contributed by atoms with Gasteiger partial charge in [0.05, 0.1) is 12.9 Å². The normalized spacial score (nSPS) is 9.33. The van der Waals surface area contributed by atoms with Crippen LogP contribution in [0, 0.1) is 6.92 Å². The fourth-order valence-corrected chi connectivity index (χ4v) is 1.44. The van der Waals surface area contributed by atoms with Crippen molar-refractivity contribution in [2.45, 2.75) is 54.0 Å². The van der Waals surface area contributed by atoms with E-state index in [1.165, 1.54) is 0 Å². The molecule has 3 N–H and O–H groups in total. The molecule has 0 spiro atoms. The van der Waals surface area contributed by atoms with E-state index in [2.05, 4.69) is 20.6 Å². The molecule has 24 heavy (non-hydrogen) atoms. The smallest absolute Gasteiger partial charge is 0.234 e. The topological polar surface area (TPSA) is 90.1 Å². The van der Waals surface area contributed by atoms with Crippen molar-refractivity contribution < 1.29 is 9.59 Å². The highest BCUT2D eigenvalue weighted by atomic mass is 16.2. The van der Waals surface area contributed by atoms with Gasteiger partial charge in [0.1, 0.15) is 0 Å². The number of rotatable bonds is 7. The molecule has 0 saturated carbocycles. The molecule has 0 atom stereocenters. The second-order valence-electron chi connectivity index (χ2n) is 5.29. The SMILES string of the molecule is CC.CCC(=O)N(C)CCNC(=O)CNC(C)C.Cc1cnc[nH]1. The highest BCUT2D eigenvalue weighted by Gasteiger charge is 2.06. The molecule has 1 rings (SSSR count).